The predicted molar refractivity (Wildman–Crippen MR) is 68.3 cm³/mol. The molecule has 0 aliphatic rings. The molecule has 0 N–H and O–H groups in total. The van der Waals surface area contributed by atoms with E-state index in [1.807, 2.05) is 13.8 Å². The van der Waals surface area contributed by atoms with Crippen molar-refractivity contribution in [1.29, 1.82) is 0 Å². The molecule has 0 heterocycles. The number of ether oxygens (including phenoxy) is 4. The maximum Gasteiger partial charge on any atom is 0.0519 e. The van der Waals surface area contributed by atoms with Crippen molar-refractivity contribution in [3.05, 3.63) is 0 Å². The van der Waals surface area contributed by atoms with Gasteiger partial charge in [-0.1, -0.05) is 0 Å². The third-order valence-electron chi connectivity index (χ3n) is 2.54. The number of methoxy groups -OCH3 is 3. The van der Waals surface area contributed by atoms with Crippen molar-refractivity contribution in [2.75, 3.05) is 47.8 Å². The Morgan fingerprint density at radius 1 is 0.706 bits per heavy atom. The lowest BCUT2D eigenvalue weighted by atomic mass is 9.96. The fourth-order valence-corrected chi connectivity index (χ4v) is 1.88. The summed E-state index contributed by atoms with van der Waals surface area (Å²) in [4.78, 5) is 0. The number of hydrogen-bond acceptors (Lipinski definition) is 4. The van der Waals surface area contributed by atoms with Crippen LogP contribution >= 0.6 is 0 Å². The first kappa shape index (κ1) is 16.8. The van der Waals surface area contributed by atoms with Crippen LogP contribution in [0.5, 0.6) is 0 Å². The highest BCUT2D eigenvalue weighted by atomic mass is 16.5. The average molecular weight is 248 g/mol. The van der Waals surface area contributed by atoms with Crippen molar-refractivity contribution in [2.45, 2.75) is 26.4 Å². The van der Waals surface area contributed by atoms with Crippen LogP contribution in [0.2, 0.25) is 0 Å². The first-order valence-corrected chi connectivity index (χ1v) is 6.22. The first-order valence-electron chi connectivity index (χ1n) is 6.22. The molecule has 0 bridgehead atoms. The van der Waals surface area contributed by atoms with E-state index in [1.165, 1.54) is 0 Å². The van der Waals surface area contributed by atoms with Crippen molar-refractivity contribution >= 4 is 0 Å². The van der Waals surface area contributed by atoms with Crippen molar-refractivity contribution in [3.63, 3.8) is 0 Å². The lowest BCUT2D eigenvalue weighted by molar-refractivity contribution is 0.00228. The van der Waals surface area contributed by atoms with Crippen LogP contribution in [0.15, 0.2) is 0 Å². The van der Waals surface area contributed by atoms with E-state index in [4.69, 9.17) is 18.9 Å². The molecule has 0 saturated carbocycles. The van der Waals surface area contributed by atoms with Gasteiger partial charge in [0.05, 0.1) is 32.5 Å². The molecule has 0 rings (SSSR count). The normalized spacial score (nSPS) is 13.6. The highest BCUT2D eigenvalue weighted by Crippen LogP contribution is 2.15. The van der Waals surface area contributed by atoms with Crippen molar-refractivity contribution < 1.29 is 18.9 Å². The van der Waals surface area contributed by atoms with E-state index in [9.17, 15) is 0 Å². The molecule has 1 unspecified atom stereocenters. The van der Waals surface area contributed by atoms with E-state index >= 15 is 0 Å². The fourth-order valence-electron chi connectivity index (χ4n) is 1.88. The van der Waals surface area contributed by atoms with Crippen molar-refractivity contribution in [3.8, 4) is 0 Å². The van der Waals surface area contributed by atoms with Crippen molar-refractivity contribution in [2.24, 2.45) is 11.8 Å². The number of rotatable bonds is 11. The molecular weight excluding hydrogens is 220 g/mol. The van der Waals surface area contributed by atoms with Gasteiger partial charge >= 0.3 is 0 Å². The van der Waals surface area contributed by atoms with Gasteiger partial charge in [0.25, 0.3) is 0 Å². The van der Waals surface area contributed by atoms with E-state index in [1.54, 1.807) is 21.3 Å². The zero-order valence-corrected chi connectivity index (χ0v) is 11.9. The van der Waals surface area contributed by atoms with Gasteiger partial charge < -0.3 is 18.9 Å². The zero-order chi connectivity index (χ0) is 13.1. The Kier molecular flexibility index (Phi) is 10.9. The van der Waals surface area contributed by atoms with Crippen LogP contribution in [0.4, 0.5) is 0 Å². The van der Waals surface area contributed by atoms with Gasteiger partial charge in [-0.2, -0.15) is 0 Å². The summed E-state index contributed by atoms with van der Waals surface area (Å²) in [6.45, 7) is 6.98. The van der Waals surface area contributed by atoms with Gasteiger partial charge in [0.2, 0.25) is 0 Å². The SMILES string of the molecule is COCC(COC)CC(COC)COC(C)C. The third kappa shape index (κ3) is 9.53. The van der Waals surface area contributed by atoms with E-state index in [-0.39, 0.29) is 6.10 Å². The van der Waals surface area contributed by atoms with Crippen LogP contribution < -0.4 is 0 Å². The summed E-state index contributed by atoms with van der Waals surface area (Å²) in [6.07, 6.45) is 1.26. The van der Waals surface area contributed by atoms with Gasteiger partial charge in [0, 0.05) is 33.2 Å². The van der Waals surface area contributed by atoms with Crippen LogP contribution in [0.25, 0.3) is 0 Å². The van der Waals surface area contributed by atoms with Crippen LogP contribution in [0.1, 0.15) is 20.3 Å². The monoisotopic (exact) mass is 248 g/mol. The lowest BCUT2D eigenvalue weighted by Gasteiger charge is -2.23. The fraction of sp³-hybridized carbons (Fsp3) is 1.00. The minimum atomic E-state index is 0.262. The molecule has 0 aliphatic heterocycles. The Bertz CT molecular complexity index is 155. The van der Waals surface area contributed by atoms with Crippen LogP contribution in [-0.4, -0.2) is 53.9 Å². The van der Waals surface area contributed by atoms with Gasteiger partial charge in [-0.3, -0.25) is 0 Å². The van der Waals surface area contributed by atoms with E-state index in [0.29, 0.717) is 11.8 Å². The summed E-state index contributed by atoms with van der Waals surface area (Å²) in [5.74, 6) is 0.804. The second kappa shape index (κ2) is 11.0. The second-order valence-corrected chi connectivity index (χ2v) is 4.72. The summed E-state index contributed by atoms with van der Waals surface area (Å²) in [5, 5.41) is 0. The first-order chi connectivity index (χ1) is 8.13. The molecule has 0 aliphatic carbocycles. The highest BCUT2D eigenvalue weighted by Gasteiger charge is 2.17. The van der Waals surface area contributed by atoms with Gasteiger partial charge in [-0.05, 0) is 20.3 Å². The molecular formula is C13H28O4. The molecule has 17 heavy (non-hydrogen) atoms. The average Bonchev–Trinajstić information content (AvgIpc) is 2.27. The molecule has 1 atom stereocenters. The molecule has 0 radical (unpaired) electrons. The molecule has 0 fully saturated rings. The summed E-state index contributed by atoms with van der Waals surface area (Å²) in [5.41, 5.74) is 0. The van der Waals surface area contributed by atoms with Crippen LogP contribution in [0, 0.1) is 11.8 Å². The van der Waals surface area contributed by atoms with Crippen LogP contribution in [0.3, 0.4) is 0 Å². The quantitative estimate of drug-likeness (QED) is 0.560. The lowest BCUT2D eigenvalue weighted by Crippen LogP contribution is -2.25. The van der Waals surface area contributed by atoms with E-state index in [2.05, 4.69) is 0 Å². The smallest absolute Gasteiger partial charge is 0.0519 e. The predicted octanol–water partition coefficient (Wildman–Crippen LogP) is 1.97. The maximum absolute atomic E-state index is 5.65. The number of hydrogen-bond donors (Lipinski definition) is 0. The zero-order valence-electron chi connectivity index (χ0n) is 11.9. The summed E-state index contributed by atoms with van der Waals surface area (Å²) >= 11 is 0. The standard InChI is InChI=1S/C13H28O4/c1-11(2)17-10-13(9-16-5)6-12(7-14-3)8-15-4/h11-13H,6-10H2,1-5H3. The molecule has 4 nitrogen and oxygen atoms in total. The largest absolute Gasteiger partial charge is 0.384 e. The Hall–Kier alpha value is -0.160. The minimum absolute atomic E-state index is 0.262. The van der Waals surface area contributed by atoms with E-state index < -0.39 is 0 Å². The molecule has 0 aromatic heterocycles. The Morgan fingerprint density at radius 3 is 1.47 bits per heavy atom. The molecule has 104 valence electrons. The molecule has 0 spiro atoms. The molecule has 4 heteroatoms. The van der Waals surface area contributed by atoms with Gasteiger partial charge in [-0.15, -0.1) is 0 Å². The summed E-state index contributed by atoms with van der Waals surface area (Å²) < 4.78 is 21.3. The minimum Gasteiger partial charge on any atom is -0.384 e. The molecule has 0 amide bonds. The summed E-state index contributed by atoms with van der Waals surface area (Å²) in [6, 6.07) is 0. The van der Waals surface area contributed by atoms with Gasteiger partial charge in [-0.25, -0.2) is 0 Å². The van der Waals surface area contributed by atoms with Gasteiger partial charge in [0.1, 0.15) is 0 Å². The Morgan fingerprint density at radius 2 is 1.12 bits per heavy atom. The topological polar surface area (TPSA) is 36.9 Å². The molecule has 0 aromatic carbocycles. The highest BCUT2D eigenvalue weighted by molar-refractivity contribution is 4.66. The van der Waals surface area contributed by atoms with E-state index in [0.717, 1.165) is 32.8 Å². The third-order valence-corrected chi connectivity index (χ3v) is 2.54. The molecule has 0 aromatic rings. The summed E-state index contributed by atoms with van der Waals surface area (Å²) in [7, 11) is 5.17. The maximum atomic E-state index is 5.65. The van der Waals surface area contributed by atoms with Gasteiger partial charge in [0.15, 0.2) is 0 Å². The van der Waals surface area contributed by atoms with Crippen LogP contribution in [-0.2, 0) is 18.9 Å². The van der Waals surface area contributed by atoms with Crippen molar-refractivity contribution in [1.82, 2.24) is 0 Å². The molecule has 0 saturated heterocycles. The Balaban J connectivity index is 4.07. The second-order valence-electron chi connectivity index (χ2n) is 4.72. The Labute approximate surface area is 106 Å².